The van der Waals surface area contributed by atoms with Gasteiger partial charge in [0.05, 0.1) is 18.2 Å². The zero-order valence-electron chi connectivity index (χ0n) is 19.1. The second-order valence-corrected chi connectivity index (χ2v) is 8.27. The molecule has 3 rings (SSSR count). The summed E-state index contributed by atoms with van der Waals surface area (Å²) in [5.41, 5.74) is 11.2. The highest BCUT2D eigenvalue weighted by atomic mass is 16.5. The van der Waals surface area contributed by atoms with E-state index in [1.807, 2.05) is 48.2 Å². The molecule has 4 N–H and O–H groups in total. The number of nitrogens with zero attached hydrogens (tertiary/aromatic N) is 2. The first kappa shape index (κ1) is 24.0. The minimum atomic E-state index is -0.180. The number of aliphatic hydroxyl groups is 1. The Labute approximate surface area is 194 Å². The van der Waals surface area contributed by atoms with Gasteiger partial charge >= 0.3 is 0 Å². The average molecular weight is 447 g/mol. The van der Waals surface area contributed by atoms with Crippen LogP contribution in [0.15, 0.2) is 48.0 Å². The number of carbonyl (C=O) groups is 1. The summed E-state index contributed by atoms with van der Waals surface area (Å²) in [5.74, 6) is 0.246. The highest BCUT2D eigenvalue weighted by Crippen LogP contribution is 2.29. The summed E-state index contributed by atoms with van der Waals surface area (Å²) in [6.07, 6.45) is 1.74. The van der Waals surface area contributed by atoms with E-state index in [0.717, 1.165) is 18.4 Å². The van der Waals surface area contributed by atoms with Crippen LogP contribution in [-0.2, 0) is 4.74 Å². The monoisotopic (exact) mass is 446 g/mol. The van der Waals surface area contributed by atoms with Crippen LogP contribution in [0.3, 0.4) is 0 Å². The van der Waals surface area contributed by atoms with Crippen LogP contribution in [0, 0.1) is 23.7 Å². The smallest absolute Gasteiger partial charge is 0.253 e. The van der Waals surface area contributed by atoms with Crippen molar-refractivity contribution < 1.29 is 14.6 Å². The fourth-order valence-electron chi connectivity index (χ4n) is 4.05. The van der Waals surface area contributed by atoms with Crippen molar-refractivity contribution in [1.29, 1.82) is 10.7 Å². The van der Waals surface area contributed by atoms with Gasteiger partial charge in [0, 0.05) is 35.5 Å². The van der Waals surface area contributed by atoms with Crippen molar-refractivity contribution in [3.05, 3.63) is 75.9 Å². The Hall–Kier alpha value is -3.63. The summed E-state index contributed by atoms with van der Waals surface area (Å²) >= 11 is 0. The van der Waals surface area contributed by atoms with Crippen molar-refractivity contribution in [2.45, 2.75) is 32.6 Å². The van der Waals surface area contributed by atoms with E-state index in [1.54, 1.807) is 13.0 Å². The summed E-state index contributed by atoms with van der Waals surface area (Å²) in [6.45, 7) is 4.77. The Bertz CT molecular complexity index is 1090. The number of aryl methyl sites for hydroxylation is 1. The second kappa shape index (κ2) is 10.8. The van der Waals surface area contributed by atoms with Crippen molar-refractivity contribution in [1.82, 2.24) is 4.90 Å². The molecule has 0 aromatic heterocycles. The summed E-state index contributed by atoms with van der Waals surface area (Å²) in [7, 11) is 0. The lowest BCUT2D eigenvalue weighted by Crippen LogP contribution is -2.38. The number of nitrogens with one attached hydrogen (secondary N) is 1. The highest BCUT2D eigenvalue weighted by Gasteiger charge is 2.25. The number of ether oxygens (including phenoxy) is 1. The number of carbonyl (C=O) groups excluding carboxylic acids is 1. The summed E-state index contributed by atoms with van der Waals surface area (Å²) in [5, 5.41) is 25.9. The molecule has 1 fully saturated rings. The third-order valence-electron chi connectivity index (χ3n) is 6.15. The Morgan fingerprint density at radius 2 is 1.91 bits per heavy atom. The van der Waals surface area contributed by atoms with Crippen LogP contribution in [0.1, 0.15) is 58.3 Å². The fraction of sp³-hybridized carbons (Fsp3) is 0.346. The molecule has 0 atom stereocenters. The first-order valence-electron chi connectivity index (χ1n) is 11.0. The number of nitrogens with two attached hydrogens (primary N) is 1. The molecule has 7 nitrogen and oxygen atoms in total. The lowest BCUT2D eigenvalue weighted by Gasteiger charge is -2.32. The number of amides is 1. The zero-order chi connectivity index (χ0) is 24.0. The molecule has 2 aromatic carbocycles. The molecule has 0 aliphatic carbocycles. The van der Waals surface area contributed by atoms with E-state index in [0.29, 0.717) is 47.0 Å². The van der Waals surface area contributed by atoms with Gasteiger partial charge in [0.15, 0.2) is 0 Å². The fourth-order valence-corrected chi connectivity index (χ4v) is 4.05. The number of nitriles is 1. The van der Waals surface area contributed by atoms with E-state index < -0.39 is 0 Å². The van der Waals surface area contributed by atoms with E-state index in [-0.39, 0.29) is 25.0 Å². The van der Waals surface area contributed by atoms with Gasteiger partial charge in [-0.15, -0.1) is 0 Å². The zero-order valence-corrected chi connectivity index (χ0v) is 19.1. The molecule has 0 spiro atoms. The van der Waals surface area contributed by atoms with Crippen molar-refractivity contribution in [3.8, 4) is 6.07 Å². The van der Waals surface area contributed by atoms with E-state index in [1.165, 1.54) is 5.56 Å². The molecule has 1 aliphatic heterocycles. The van der Waals surface area contributed by atoms with Crippen LogP contribution in [0.4, 0.5) is 0 Å². The number of aliphatic hydroxyl groups excluding tert-OH is 1. The predicted molar refractivity (Wildman–Crippen MR) is 128 cm³/mol. The Balaban J connectivity index is 1.72. The molecule has 172 valence electrons. The number of piperidine rings is 1. The molecule has 1 saturated heterocycles. The maximum absolute atomic E-state index is 13.2. The molecule has 0 bridgehead atoms. The van der Waals surface area contributed by atoms with Crippen LogP contribution in [0.25, 0.3) is 5.70 Å². The molecule has 0 unspecified atom stereocenters. The normalized spacial score (nSPS) is 14.9. The van der Waals surface area contributed by atoms with Gasteiger partial charge < -0.3 is 20.5 Å². The van der Waals surface area contributed by atoms with E-state index >= 15 is 0 Å². The van der Waals surface area contributed by atoms with Crippen LogP contribution >= 0.6 is 0 Å². The summed E-state index contributed by atoms with van der Waals surface area (Å²) < 4.78 is 5.17. The molecule has 1 amide bonds. The minimum absolute atomic E-state index is 0.0272. The van der Waals surface area contributed by atoms with Crippen LogP contribution in [-0.4, -0.2) is 48.1 Å². The van der Waals surface area contributed by atoms with Gasteiger partial charge in [0.2, 0.25) is 5.90 Å². The third kappa shape index (κ3) is 5.60. The highest BCUT2D eigenvalue weighted by molar-refractivity contribution is 6.00. The van der Waals surface area contributed by atoms with Gasteiger partial charge in [0.1, 0.15) is 6.61 Å². The molecular formula is C26H30N4O3. The first-order chi connectivity index (χ1) is 15.8. The number of likely N-dealkylation sites (tertiary alicyclic amines) is 1. The van der Waals surface area contributed by atoms with Crippen molar-refractivity contribution in [3.63, 3.8) is 0 Å². The Kier molecular flexibility index (Phi) is 7.86. The Morgan fingerprint density at radius 3 is 2.52 bits per heavy atom. The number of hydrogen-bond acceptors (Lipinski definition) is 6. The molecular weight excluding hydrogens is 416 g/mol. The van der Waals surface area contributed by atoms with Crippen LogP contribution in [0.5, 0.6) is 0 Å². The second-order valence-electron chi connectivity index (χ2n) is 8.27. The van der Waals surface area contributed by atoms with Gasteiger partial charge in [-0.25, -0.2) is 0 Å². The largest absolute Gasteiger partial charge is 0.475 e. The van der Waals surface area contributed by atoms with E-state index in [4.69, 9.17) is 26.2 Å². The molecule has 0 saturated carbocycles. The molecule has 2 aromatic rings. The molecule has 33 heavy (non-hydrogen) atoms. The molecule has 1 heterocycles. The predicted octanol–water partition coefficient (Wildman–Crippen LogP) is 3.56. The van der Waals surface area contributed by atoms with Gasteiger partial charge in [-0.1, -0.05) is 18.2 Å². The molecule has 7 heteroatoms. The van der Waals surface area contributed by atoms with Crippen LogP contribution < -0.4 is 5.73 Å². The lowest BCUT2D eigenvalue weighted by molar-refractivity contribution is 0.0713. The molecule has 0 radical (unpaired) electrons. The quantitative estimate of drug-likeness (QED) is 0.462. The average Bonchev–Trinajstić information content (AvgIpc) is 2.86. The van der Waals surface area contributed by atoms with E-state index in [2.05, 4.69) is 6.07 Å². The minimum Gasteiger partial charge on any atom is -0.475 e. The first-order valence-corrected chi connectivity index (χ1v) is 11.0. The van der Waals surface area contributed by atoms with Gasteiger partial charge in [-0.2, -0.15) is 5.26 Å². The van der Waals surface area contributed by atoms with Gasteiger partial charge in [0.25, 0.3) is 5.91 Å². The van der Waals surface area contributed by atoms with Crippen molar-refractivity contribution >= 4 is 17.5 Å². The van der Waals surface area contributed by atoms with Crippen LogP contribution in [0.2, 0.25) is 0 Å². The summed E-state index contributed by atoms with van der Waals surface area (Å²) in [4.78, 5) is 15.1. The SMILES string of the molecule is C/C(C(=N)OCCO)=C(/N)c1cc(C(=O)N2CCC(c3ccc(C#N)cc3)CC2)ccc1C. The standard InChI is InChI=1S/C26H30N4O3/c1-17-3-6-22(15-23(17)24(28)18(2)25(29)33-14-13-31)26(32)30-11-9-21(10-12-30)20-7-4-19(16-27)5-8-20/h3-8,15,21,29,31H,9-14,28H2,1-2H3/b24-18-,29-25?. The van der Waals surface area contributed by atoms with E-state index in [9.17, 15) is 4.79 Å². The number of rotatable bonds is 6. The topological polar surface area (TPSA) is 123 Å². The number of hydrogen-bond donors (Lipinski definition) is 3. The maximum Gasteiger partial charge on any atom is 0.253 e. The van der Waals surface area contributed by atoms with Crippen molar-refractivity contribution in [2.75, 3.05) is 26.3 Å². The maximum atomic E-state index is 13.2. The Morgan fingerprint density at radius 1 is 1.24 bits per heavy atom. The number of benzene rings is 2. The lowest BCUT2D eigenvalue weighted by atomic mass is 9.88. The van der Waals surface area contributed by atoms with Gasteiger partial charge in [-0.05, 0) is 68.0 Å². The molecule has 1 aliphatic rings. The van der Waals surface area contributed by atoms with Crippen molar-refractivity contribution in [2.24, 2.45) is 5.73 Å². The third-order valence-corrected chi connectivity index (χ3v) is 6.15. The summed E-state index contributed by atoms with van der Waals surface area (Å²) in [6, 6.07) is 15.3. The van der Waals surface area contributed by atoms with Gasteiger partial charge in [-0.3, -0.25) is 10.2 Å².